The molecule has 2 aromatic heterocycles. The highest BCUT2D eigenvalue weighted by molar-refractivity contribution is 7.09. The van der Waals surface area contributed by atoms with Crippen LogP contribution in [-0.4, -0.2) is 65.5 Å². The molecule has 0 aliphatic carbocycles. The Balaban J connectivity index is 1.28. The number of benzene rings is 3. The molecule has 0 aliphatic rings. The number of amides is 3. The van der Waals surface area contributed by atoms with E-state index in [4.69, 9.17) is 13.9 Å². The van der Waals surface area contributed by atoms with Crippen LogP contribution in [0.3, 0.4) is 0 Å². The molecule has 2 heterocycles. The average molecular weight is 798 g/mol. The molecule has 0 saturated carbocycles. The van der Waals surface area contributed by atoms with E-state index in [1.54, 1.807) is 31.6 Å². The number of fused-ring (bicyclic) bond motifs is 1. The summed E-state index contributed by atoms with van der Waals surface area (Å²) >= 11 is 1.36. The van der Waals surface area contributed by atoms with Crippen molar-refractivity contribution >= 4 is 46.1 Å². The zero-order valence-corrected chi connectivity index (χ0v) is 33.5. The molecule has 57 heavy (non-hydrogen) atoms. The second kappa shape index (κ2) is 21.0. The van der Waals surface area contributed by atoms with E-state index < -0.39 is 47.9 Å². The first-order valence-electron chi connectivity index (χ1n) is 19.1. The van der Waals surface area contributed by atoms with Gasteiger partial charge in [-0.2, -0.15) is 0 Å². The maximum atomic E-state index is 14.0. The summed E-state index contributed by atoms with van der Waals surface area (Å²) in [7, 11) is 0. The summed E-state index contributed by atoms with van der Waals surface area (Å²) < 4.78 is 16.5. The van der Waals surface area contributed by atoms with Gasteiger partial charge in [-0.25, -0.2) is 14.4 Å². The number of aliphatic hydroxyl groups excluding tert-OH is 1. The maximum Gasteiger partial charge on any atom is 0.408 e. The van der Waals surface area contributed by atoms with Gasteiger partial charge >= 0.3 is 17.8 Å². The van der Waals surface area contributed by atoms with Gasteiger partial charge in [0.1, 0.15) is 24.8 Å². The highest BCUT2D eigenvalue weighted by Crippen LogP contribution is 2.24. The lowest BCUT2D eigenvalue weighted by Gasteiger charge is -2.30. The Morgan fingerprint density at radius 3 is 2.12 bits per heavy atom. The topological polar surface area (TPSA) is 172 Å². The summed E-state index contributed by atoms with van der Waals surface area (Å²) in [6, 6.07) is 23.5. The van der Waals surface area contributed by atoms with Crippen molar-refractivity contribution in [3.63, 3.8) is 0 Å². The third-order valence-electron chi connectivity index (χ3n) is 9.62. The number of aliphatic hydroxyl groups is 1. The molecule has 3 aromatic carbocycles. The standard InChI is InChI=1S/C43H51N5O8S/c1-5-48(6-2)33-17-18-35-31(21-39(50)56-38(35)23-33)25-54-43(53)47-40(28(3)4)41(51)45-32(19-29-13-9-7-10-14-29)22-37(49)36(20-30-15-11-8-12-16-30)46-42(52)55-26-34-24-44-27-57-34/h7-18,21,23-24,27-28,32,36-37,40,49H,5-6,19-20,22,25-26H2,1-4H3,(H,45,51)(H,46,52)(H,47,53)/t32-,36-,37-,40-/m0/s1. The van der Waals surface area contributed by atoms with Crippen LogP contribution >= 0.6 is 11.3 Å². The molecule has 5 rings (SSSR count). The van der Waals surface area contributed by atoms with Gasteiger partial charge in [-0.05, 0) is 62.3 Å². The number of thiazole rings is 1. The predicted molar refractivity (Wildman–Crippen MR) is 220 cm³/mol. The first-order valence-corrected chi connectivity index (χ1v) is 20.0. The molecule has 0 fully saturated rings. The van der Waals surface area contributed by atoms with E-state index in [1.165, 1.54) is 17.4 Å². The molecule has 3 amide bonds. The molecule has 0 radical (unpaired) electrons. The zero-order valence-electron chi connectivity index (χ0n) is 32.7. The second-order valence-corrected chi connectivity index (χ2v) is 15.0. The fourth-order valence-corrected chi connectivity index (χ4v) is 7.11. The van der Waals surface area contributed by atoms with Crippen molar-refractivity contribution in [1.82, 2.24) is 20.9 Å². The van der Waals surface area contributed by atoms with Crippen LogP contribution in [0.25, 0.3) is 11.0 Å². The lowest BCUT2D eigenvalue weighted by Crippen LogP contribution is -2.54. The summed E-state index contributed by atoms with van der Waals surface area (Å²) in [5.74, 6) is -0.815. The van der Waals surface area contributed by atoms with Crippen molar-refractivity contribution < 1.29 is 33.4 Å². The van der Waals surface area contributed by atoms with Gasteiger partial charge in [-0.1, -0.05) is 74.5 Å². The van der Waals surface area contributed by atoms with Crippen LogP contribution in [0.15, 0.2) is 106 Å². The number of anilines is 1. The fraction of sp³-hybridized carbons (Fsp3) is 0.372. The van der Waals surface area contributed by atoms with Crippen LogP contribution in [0, 0.1) is 5.92 Å². The van der Waals surface area contributed by atoms with Crippen molar-refractivity contribution in [3.05, 3.63) is 129 Å². The van der Waals surface area contributed by atoms with Crippen molar-refractivity contribution in [3.8, 4) is 0 Å². The minimum Gasteiger partial charge on any atom is -0.445 e. The Labute approximate surface area is 336 Å². The van der Waals surface area contributed by atoms with E-state index >= 15 is 0 Å². The van der Waals surface area contributed by atoms with E-state index in [1.807, 2.05) is 86.6 Å². The second-order valence-electron chi connectivity index (χ2n) is 14.1. The summed E-state index contributed by atoms with van der Waals surface area (Å²) in [4.78, 5) is 59.5. The van der Waals surface area contributed by atoms with E-state index in [0.717, 1.165) is 34.8 Å². The molecular weight excluding hydrogens is 747 g/mol. The third kappa shape index (κ3) is 12.6. The van der Waals surface area contributed by atoms with Gasteiger partial charge in [-0.15, -0.1) is 11.3 Å². The van der Waals surface area contributed by atoms with Crippen LogP contribution in [-0.2, 0) is 40.3 Å². The molecule has 14 heteroatoms. The molecule has 0 aliphatic heterocycles. The van der Waals surface area contributed by atoms with Gasteiger partial charge in [-0.3, -0.25) is 9.78 Å². The maximum absolute atomic E-state index is 14.0. The summed E-state index contributed by atoms with van der Waals surface area (Å²) in [5, 5.41) is 20.9. The Morgan fingerprint density at radius 2 is 1.49 bits per heavy atom. The number of carbonyl (C=O) groups excluding carboxylic acids is 3. The molecule has 5 aromatic rings. The normalized spacial score (nSPS) is 13.3. The first-order chi connectivity index (χ1) is 27.5. The van der Waals surface area contributed by atoms with Crippen LogP contribution in [0.4, 0.5) is 15.3 Å². The highest BCUT2D eigenvalue weighted by Gasteiger charge is 2.31. The van der Waals surface area contributed by atoms with Gasteiger partial charge in [0.15, 0.2) is 0 Å². The Bertz CT molecular complexity index is 2090. The number of carbonyl (C=O) groups is 3. The third-order valence-corrected chi connectivity index (χ3v) is 10.4. The van der Waals surface area contributed by atoms with Gasteiger partial charge in [0.25, 0.3) is 0 Å². The molecule has 0 unspecified atom stereocenters. The molecule has 302 valence electrons. The van der Waals surface area contributed by atoms with Gasteiger partial charge < -0.3 is 39.8 Å². The van der Waals surface area contributed by atoms with Crippen LogP contribution in [0.5, 0.6) is 0 Å². The van der Waals surface area contributed by atoms with Crippen molar-refractivity contribution in [2.45, 2.75) is 84.4 Å². The number of nitrogens with one attached hydrogen (secondary N) is 3. The number of ether oxygens (including phenoxy) is 2. The minimum absolute atomic E-state index is 0.0403. The fourth-order valence-electron chi connectivity index (χ4n) is 6.60. The molecule has 4 N–H and O–H groups in total. The summed E-state index contributed by atoms with van der Waals surface area (Å²) in [6.07, 6.45) is -0.267. The highest BCUT2D eigenvalue weighted by atomic mass is 32.1. The average Bonchev–Trinajstić information content (AvgIpc) is 3.73. The van der Waals surface area contributed by atoms with E-state index in [2.05, 4.69) is 25.8 Å². The molecule has 0 bridgehead atoms. The monoisotopic (exact) mass is 797 g/mol. The Morgan fingerprint density at radius 1 is 0.842 bits per heavy atom. The van der Waals surface area contributed by atoms with Crippen LogP contribution in [0.1, 0.15) is 55.7 Å². The SMILES string of the molecule is CCN(CC)c1ccc2c(COC(=O)N[C@H](C(=O)N[C@@H](Cc3ccccc3)C[C@H](O)[C@H](Cc3ccccc3)NC(=O)OCc3cncs3)C(C)C)cc(=O)oc2c1. The van der Waals surface area contributed by atoms with E-state index in [9.17, 15) is 24.3 Å². The van der Waals surface area contributed by atoms with E-state index in [0.29, 0.717) is 29.4 Å². The van der Waals surface area contributed by atoms with E-state index in [-0.39, 0.29) is 25.6 Å². The van der Waals surface area contributed by atoms with Crippen molar-refractivity contribution in [2.24, 2.45) is 5.92 Å². The van der Waals surface area contributed by atoms with Crippen molar-refractivity contribution in [2.75, 3.05) is 18.0 Å². The smallest absolute Gasteiger partial charge is 0.408 e. The van der Waals surface area contributed by atoms with Crippen LogP contribution < -0.4 is 26.5 Å². The number of aromatic nitrogens is 1. The lowest BCUT2D eigenvalue weighted by molar-refractivity contribution is -0.125. The van der Waals surface area contributed by atoms with Gasteiger partial charge in [0.05, 0.1) is 22.5 Å². The zero-order chi connectivity index (χ0) is 40.7. The molecule has 0 spiro atoms. The van der Waals surface area contributed by atoms with Gasteiger partial charge in [0, 0.05) is 54.1 Å². The lowest BCUT2D eigenvalue weighted by atomic mass is 9.93. The van der Waals surface area contributed by atoms with Crippen molar-refractivity contribution in [1.29, 1.82) is 0 Å². The Hall–Kier alpha value is -5.73. The number of hydrogen-bond acceptors (Lipinski definition) is 11. The molecule has 13 nitrogen and oxygen atoms in total. The number of hydrogen-bond donors (Lipinski definition) is 4. The minimum atomic E-state index is -1.10. The molecule has 0 saturated heterocycles. The number of alkyl carbamates (subject to hydrolysis) is 2. The number of nitrogens with zero attached hydrogens (tertiary/aromatic N) is 2. The summed E-state index contributed by atoms with van der Waals surface area (Å²) in [5.41, 5.74) is 4.65. The quantitative estimate of drug-likeness (QED) is 0.0689. The van der Waals surface area contributed by atoms with Gasteiger partial charge in [0.2, 0.25) is 5.91 Å². The van der Waals surface area contributed by atoms with Crippen LogP contribution in [0.2, 0.25) is 0 Å². The largest absolute Gasteiger partial charge is 0.445 e. The molecular formula is C43H51N5O8S. The molecule has 4 atom stereocenters. The first kappa shape index (κ1) is 42.4. The Kier molecular flexibility index (Phi) is 15.6. The predicted octanol–water partition coefficient (Wildman–Crippen LogP) is 6.36. The summed E-state index contributed by atoms with van der Waals surface area (Å²) in [6.45, 7) is 9.06. The number of rotatable bonds is 19.